The van der Waals surface area contributed by atoms with E-state index in [-0.39, 0.29) is 5.82 Å². The summed E-state index contributed by atoms with van der Waals surface area (Å²) in [6, 6.07) is 15.5. The van der Waals surface area contributed by atoms with Crippen molar-refractivity contribution >= 4 is 23.0 Å². The second kappa shape index (κ2) is 6.35. The SMILES string of the molecule is Fc1cccc(CCl)c1N1CCN(c2ccccc2)CC1. The maximum absolute atomic E-state index is 14.1. The molecule has 0 unspecified atom stereocenters. The summed E-state index contributed by atoms with van der Waals surface area (Å²) in [5, 5.41) is 0. The number of hydrogen-bond acceptors (Lipinski definition) is 2. The Balaban J connectivity index is 1.75. The molecular formula is C17H18ClFN2. The van der Waals surface area contributed by atoms with E-state index in [1.54, 1.807) is 6.07 Å². The number of rotatable bonds is 3. The molecule has 21 heavy (non-hydrogen) atoms. The minimum absolute atomic E-state index is 0.179. The average molecular weight is 305 g/mol. The lowest BCUT2D eigenvalue weighted by Gasteiger charge is -2.38. The third-order valence-corrected chi connectivity index (χ3v) is 4.22. The first kappa shape index (κ1) is 14.2. The van der Waals surface area contributed by atoms with E-state index in [9.17, 15) is 4.39 Å². The first-order chi connectivity index (χ1) is 10.3. The van der Waals surface area contributed by atoms with Gasteiger partial charge in [0.1, 0.15) is 5.82 Å². The lowest BCUT2D eigenvalue weighted by molar-refractivity contribution is 0.596. The summed E-state index contributed by atoms with van der Waals surface area (Å²) in [5.41, 5.74) is 2.76. The van der Waals surface area contributed by atoms with Crippen LogP contribution in [-0.4, -0.2) is 26.2 Å². The third kappa shape index (κ3) is 2.98. The fraction of sp³-hybridized carbons (Fsp3) is 0.294. The molecule has 0 atom stereocenters. The first-order valence-corrected chi connectivity index (χ1v) is 7.71. The first-order valence-electron chi connectivity index (χ1n) is 7.18. The molecular weight excluding hydrogens is 287 g/mol. The molecule has 4 heteroatoms. The van der Waals surface area contributed by atoms with Crippen molar-refractivity contribution in [3.05, 3.63) is 59.9 Å². The van der Waals surface area contributed by atoms with Gasteiger partial charge in [0.15, 0.2) is 0 Å². The monoisotopic (exact) mass is 304 g/mol. The fourth-order valence-electron chi connectivity index (χ4n) is 2.85. The van der Waals surface area contributed by atoms with Gasteiger partial charge in [-0.25, -0.2) is 4.39 Å². The number of alkyl halides is 1. The zero-order valence-electron chi connectivity index (χ0n) is 11.8. The van der Waals surface area contributed by atoms with Crippen LogP contribution in [0.15, 0.2) is 48.5 Å². The Bertz CT molecular complexity index is 595. The van der Waals surface area contributed by atoms with Crippen molar-refractivity contribution in [3.8, 4) is 0 Å². The van der Waals surface area contributed by atoms with E-state index in [0.29, 0.717) is 11.6 Å². The van der Waals surface area contributed by atoms with Gasteiger partial charge in [-0.05, 0) is 23.8 Å². The lowest BCUT2D eigenvalue weighted by Crippen LogP contribution is -2.47. The van der Waals surface area contributed by atoms with Crippen LogP contribution in [0.5, 0.6) is 0 Å². The summed E-state index contributed by atoms with van der Waals surface area (Å²) in [5.74, 6) is 0.160. The minimum Gasteiger partial charge on any atom is -0.368 e. The van der Waals surface area contributed by atoms with Crippen LogP contribution in [0, 0.1) is 5.82 Å². The Hall–Kier alpha value is -1.74. The fourth-order valence-corrected chi connectivity index (χ4v) is 3.06. The van der Waals surface area contributed by atoms with Crippen LogP contribution in [-0.2, 0) is 5.88 Å². The summed E-state index contributed by atoms with van der Waals surface area (Å²) in [7, 11) is 0. The van der Waals surface area contributed by atoms with Crippen molar-refractivity contribution in [1.82, 2.24) is 0 Å². The van der Waals surface area contributed by atoms with Crippen LogP contribution in [0.1, 0.15) is 5.56 Å². The van der Waals surface area contributed by atoms with Gasteiger partial charge in [-0.2, -0.15) is 0 Å². The standard InChI is InChI=1S/C17H18ClFN2/c18-13-14-5-4-8-16(19)17(14)21-11-9-20(10-12-21)15-6-2-1-3-7-15/h1-8H,9-13H2. The van der Waals surface area contributed by atoms with Crippen molar-refractivity contribution in [2.24, 2.45) is 0 Å². The molecule has 2 aromatic carbocycles. The quantitative estimate of drug-likeness (QED) is 0.794. The predicted molar refractivity (Wildman–Crippen MR) is 86.8 cm³/mol. The molecule has 1 saturated heterocycles. The average Bonchev–Trinajstić information content (AvgIpc) is 2.55. The highest BCUT2D eigenvalue weighted by Crippen LogP contribution is 2.27. The zero-order chi connectivity index (χ0) is 14.7. The molecule has 3 rings (SSSR count). The van der Waals surface area contributed by atoms with Gasteiger partial charge in [0.05, 0.1) is 5.69 Å². The van der Waals surface area contributed by atoms with Crippen molar-refractivity contribution < 1.29 is 4.39 Å². The Morgan fingerprint density at radius 3 is 2.19 bits per heavy atom. The van der Waals surface area contributed by atoms with E-state index in [4.69, 9.17) is 11.6 Å². The molecule has 0 amide bonds. The highest BCUT2D eigenvalue weighted by atomic mass is 35.5. The summed E-state index contributed by atoms with van der Waals surface area (Å²) in [6.45, 7) is 3.39. The largest absolute Gasteiger partial charge is 0.368 e. The van der Waals surface area contributed by atoms with E-state index in [1.165, 1.54) is 11.8 Å². The van der Waals surface area contributed by atoms with Crippen LogP contribution >= 0.6 is 11.6 Å². The Kier molecular flexibility index (Phi) is 4.30. The third-order valence-electron chi connectivity index (χ3n) is 3.93. The molecule has 1 heterocycles. The lowest BCUT2D eigenvalue weighted by atomic mass is 10.1. The van der Waals surface area contributed by atoms with E-state index in [1.807, 2.05) is 24.3 Å². The summed E-state index contributed by atoms with van der Waals surface area (Å²) in [4.78, 5) is 4.43. The second-order valence-corrected chi connectivity index (χ2v) is 5.46. The normalized spacial score (nSPS) is 15.3. The van der Waals surface area contributed by atoms with Crippen LogP contribution in [0.3, 0.4) is 0 Å². The highest BCUT2D eigenvalue weighted by Gasteiger charge is 2.21. The highest BCUT2D eigenvalue weighted by molar-refractivity contribution is 6.17. The number of nitrogens with zero attached hydrogens (tertiary/aromatic N) is 2. The number of benzene rings is 2. The summed E-state index contributed by atoms with van der Waals surface area (Å²) in [6.07, 6.45) is 0. The van der Waals surface area contributed by atoms with Crippen molar-refractivity contribution in [1.29, 1.82) is 0 Å². The van der Waals surface area contributed by atoms with E-state index in [2.05, 4.69) is 21.9 Å². The molecule has 0 N–H and O–H groups in total. The molecule has 0 radical (unpaired) electrons. The van der Waals surface area contributed by atoms with Gasteiger partial charge in [-0.1, -0.05) is 30.3 Å². The Morgan fingerprint density at radius 1 is 0.857 bits per heavy atom. The zero-order valence-corrected chi connectivity index (χ0v) is 12.6. The maximum atomic E-state index is 14.1. The van der Waals surface area contributed by atoms with Gasteiger partial charge in [0, 0.05) is 37.7 Å². The summed E-state index contributed by atoms with van der Waals surface area (Å²) < 4.78 is 14.1. The second-order valence-electron chi connectivity index (χ2n) is 5.19. The summed E-state index contributed by atoms with van der Waals surface area (Å²) >= 11 is 5.94. The van der Waals surface area contributed by atoms with Gasteiger partial charge >= 0.3 is 0 Å². The molecule has 2 nitrogen and oxygen atoms in total. The smallest absolute Gasteiger partial charge is 0.146 e. The van der Waals surface area contributed by atoms with Crippen LogP contribution in [0.25, 0.3) is 0 Å². The molecule has 0 spiro atoms. The molecule has 0 bridgehead atoms. The molecule has 1 aliphatic heterocycles. The number of piperazine rings is 1. The van der Waals surface area contributed by atoms with Crippen LogP contribution in [0.4, 0.5) is 15.8 Å². The molecule has 2 aromatic rings. The number of anilines is 2. The molecule has 1 aliphatic rings. The molecule has 0 aliphatic carbocycles. The van der Waals surface area contributed by atoms with Crippen LogP contribution in [0.2, 0.25) is 0 Å². The van der Waals surface area contributed by atoms with Gasteiger partial charge in [0.2, 0.25) is 0 Å². The van der Waals surface area contributed by atoms with E-state index < -0.39 is 0 Å². The maximum Gasteiger partial charge on any atom is 0.146 e. The molecule has 0 saturated carbocycles. The van der Waals surface area contributed by atoms with Gasteiger partial charge in [0.25, 0.3) is 0 Å². The van der Waals surface area contributed by atoms with Crippen molar-refractivity contribution in [2.45, 2.75) is 5.88 Å². The Labute approximate surface area is 129 Å². The number of halogens is 2. The van der Waals surface area contributed by atoms with Gasteiger partial charge < -0.3 is 9.80 Å². The van der Waals surface area contributed by atoms with Crippen molar-refractivity contribution in [3.63, 3.8) is 0 Å². The number of para-hydroxylation sites is 2. The van der Waals surface area contributed by atoms with Gasteiger partial charge in [-0.15, -0.1) is 11.6 Å². The molecule has 1 fully saturated rings. The number of hydrogen-bond donors (Lipinski definition) is 0. The Morgan fingerprint density at radius 2 is 1.52 bits per heavy atom. The van der Waals surface area contributed by atoms with E-state index >= 15 is 0 Å². The van der Waals surface area contributed by atoms with E-state index in [0.717, 1.165) is 31.7 Å². The predicted octanol–water partition coefficient (Wildman–Crippen LogP) is 3.89. The molecule has 0 aromatic heterocycles. The molecule has 110 valence electrons. The van der Waals surface area contributed by atoms with Gasteiger partial charge in [-0.3, -0.25) is 0 Å². The topological polar surface area (TPSA) is 6.48 Å². The van der Waals surface area contributed by atoms with Crippen molar-refractivity contribution in [2.75, 3.05) is 36.0 Å². The minimum atomic E-state index is -0.179. The van der Waals surface area contributed by atoms with Crippen LogP contribution < -0.4 is 9.80 Å².